The van der Waals surface area contributed by atoms with Crippen LogP contribution in [0.2, 0.25) is 0 Å². The number of ether oxygens (including phenoxy) is 1. The minimum Gasteiger partial charge on any atom is -0.497 e. The number of methoxy groups -OCH3 is 1. The predicted molar refractivity (Wildman–Crippen MR) is 109 cm³/mol. The van der Waals surface area contributed by atoms with Gasteiger partial charge >= 0.3 is 0 Å². The van der Waals surface area contributed by atoms with E-state index in [9.17, 15) is 4.79 Å². The molecule has 0 radical (unpaired) electrons. The van der Waals surface area contributed by atoms with E-state index in [1.54, 1.807) is 37.6 Å². The maximum Gasteiger partial charge on any atom is 0.255 e. The maximum absolute atomic E-state index is 12.3. The number of hydrogen-bond acceptors (Lipinski definition) is 4. The zero-order valence-corrected chi connectivity index (χ0v) is 16.0. The van der Waals surface area contributed by atoms with Crippen molar-refractivity contribution >= 4 is 23.1 Å². The van der Waals surface area contributed by atoms with Crippen LogP contribution in [-0.4, -0.2) is 18.0 Å². The molecule has 0 atom stereocenters. The molecule has 1 amide bonds. The van der Waals surface area contributed by atoms with Crippen LogP contribution in [0.25, 0.3) is 0 Å². The van der Waals surface area contributed by atoms with Crippen LogP contribution in [0.15, 0.2) is 54.7 Å². The number of amides is 1. The summed E-state index contributed by atoms with van der Waals surface area (Å²) in [6, 6.07) is 14.9. The fourth-order valence-corrected chi connectivity index (χ4v) is 2.99. The van der Waals surface area contributed by atoms with Crippen molar-refractivity contribution in [3.63, 3.8) is 0 Å². The molecule has 0 saturated heterocycles. The van der Waals surface area contributed by atoms with Gasteiger partial charge in [-0.25, -0.2) is 4.98 Å². The van der Waals surface area contributed by atoms with Crippen LogP contribution >= 0.6 is 0 Å². The van der Waals surface area contributed by atoms with E-state index < -0.39 is 0 Å². The number of aryl methyl sites for hydroxylation is 3. The molecule has 3 rings (SSSR count). The maximum atomic E-state index is 12.3. The van der Waals surface area contributed by atoms with Crippen LogP contribution in [0.1, 0.15) is 27.0 Å². The normalized spacial score (nSPS) is 10.4. The Kier molecular flexibility index (Phi) is 5.41. The van der Waals surface area contributed by atoms with Crippen molar-refractivity contribution in [2.45, 2.75) is 20.8 Å². The quantitative estimate of drug-likeness (QED) is 0.670. The molecule has 2 N–H and O–H groups in total. The molecule has 0 fully saturated rings. The van der Waals surface area contributed by atoms with E-state index in [4.69, 9.17) is 4.74 Å². The predicted octanol–water partition coefficient (Wildman–Crippen LogP) is 5.01. The Labute approximate surface area is 159 Å². The lowest BCUT2D eigenvalue weighted by atomic mass is 10.1. The summed E-state index contributed by atoms with van der Waals surface area (Å²) in [4.78, 5) is 16.7. The number of anilines is 3. The third-order valence-electron chi connectivity index (χ3n) is 4.30. The van der Waals surface area contributed by atoms with Crippen LogP contribution in [0, 0.1) is 20.8 Å². The summed E-state index contributed by atoms with van der Waals surface area (Å²) in [6.45, 7) is 6.24. The van der Waals surface area contributed by atoms with Crippen molar-refractivity contribution in [3.05, 3.63) is 77.0 Å². The molecule has 0 aliphatic rings. The van der Waals surface area contributed by atoms with Gasteiger partial charge in [0.2, 0.25) is 0 Å². The first kappa shape index (κ1) is 18.5. The molecule has 1 heterocycles. The first-order valence-electron chi connectivity index (χ1n) is 8.72. The molecule has 5 nitrogen and oxygen atoms in total. The van der Waals surface area contributed by atoms with Crippen molar-refractivity contribution in [2.75, 3.05) is 17.7 Å². The van der Waals surface area contributed by atoms with Crippen LogP contribution in [-0.2, 0) is 0 Å². The zero-order valence-electron chi connectivity index (χ0n) is 16.0. The number of aromatic nitrogens is 1. The van der Waals surface area contributed by atoms with Crippen LogP contribution in [0.4, 0.5) is 17.2 Å². The third kappa shape index (κ3) is 4.44. The third-order valence-corrected chi connectivity index (χ3v) is 4.30. The van der Waals surface area contributed by atoms with Gasteiger partial charge in [-0.1, -0.05) is 17.7 Å². The monoisotopic (exact) mass is 361 g/mol. The van der Waals surface area contributed by atoms with Crippen molar-refractivity contribution in [1.82, 2.24) is 4.98 Å². The van der Waals surface area contributed by atoms with Gasteiger partial charge in [0.05, 0.1) is 19.0 Å². The van der Waals surface area contributed by atoms with E-state index in [1.165, 1.54) is 16.7 Å². The van der Waals surface area contributed by atoms with Gasteiger partial charge in [-0.2, -0.15) is 0 Å². The van der Waals surface area contributed by atoms with E-state index in [0.717, 1.165) is 11.5 Å². The largest absolute Gasteiger partial charge is 0.497 e. The van der Waals surface area contributed by atoms with Gasteiger partial charge in [-0.05, 0) is 68.3 Å². The smallest absolute Gasteiger partial charge is 0.255 e. The fraction of sp³-hybridized carbons (Fsp3) is 0.182. The lowest BCUT2D eigenvalue weighted by Gasteiger charge is -2.13. The molecule has 0 saturated carbocycles. The minimum absolute atomic E-state index is 0.189. The van der Waals surface area contributed by atoms with Crippen molar-refractivity contribution < 1.29 is 9.53 Å². The van der Waals surface area contributed by atoms with Gasteiger partial charge in [0, 0.05) is 11.3 Å². The van der Waals surface area contributed by atoms with Gasteiger partial charge < -0.3 is 15.4 Å². The second-order valence-electron chi connectivity index (χ2n) is 6.51. The average molecular weight is 361 g/mol. The molecule has 0 aliphatic heterocycles. The second-order valence-corrected chi connectivity index (χ2v) is 6.51. The lowest BCUT2D eigenvalue weighted by molar-refractivity contribution is 0.102. The van der Waals surface area contributed by atoms with Gasteiger partial charge in [0.25, 0.3) is 5.91 Å². The summed E-state index contributed by atoms with van der Waals surface area (Å²) in [5, 5.41) is 6.20. The highest BCUT2D eigenvalue weighted by Crippen LogP contribution is 2.25. The van der Waals surface area contributed by atoms with Crippen LogP contribution in [0.5, 0.6) is 5.75 Å². The molecule has 0 spiro atoms. The van der Waals surface area contributed by atoms with E-state index in [1.807, 2.05) is 12.1 Å². The van der Waals surface area contributed by atoms with E-state index in [0.29, 0.717) is 17.0 Å². The topological polar surface area (TPSA) is 63.2 Å². The number of benzene rings is 2. The lowest BCUT2D eigenvalue weighted by Crippen LogP contribution is -2.12. The highest BCUT2D eigenvalue weighted by Gasteiger charge is 2.08. The molecule has 27 heavy (non-hydrogen) atoms. The highest BCUT2D eigenvalue weighted by atomic mass is 16.5. The Bertz CT molecular complexity index is 925. The molecule has 5 heteroatoms. The number of carbonyl (C=O) groups is 1. The number of carbonyl (C=O) groups excluding carboxylic acids is 1. The Hall–Kier alpha value is -3.34. The molecule has 0 aliphatic carbocycles. The van der Waals surface area contributed by atoms with Gasteiger partial charge in [0.15, 0.2) is 0 Å². The van der Waals surface area contributed by atoms with E-state index in [-0.39, 0.29) is 5.91 Å². The minimum atomic E-state index is -0.189. The number of nitrogens with one attached hydrogen (secondary N) is 2. The fourth-order valence-electron chi connectivity index (χ4n) is 2.99. The second kappa shape index (κ2) is 7.91. The number of pyridine rings is 1. The zero-order chi connectivity index (χ0) is 19.4. The molecule has 0 bridgehead atoms. The van der Waals surface area contributed by atoms with Gasteiger partial charge in [-0.15, -0.1) is 0 Å². The molecule has 3 aromatic rings. The molecule has 2 aromatic carbocycles. The Balaban J connectivity index is 1.69. The van der Waals surface area contributed by atoms with Gasteiger partial charge in [-0.3, -0.25) is 4.79 Å². The summed E-state index contributed by atoms with van der Waals surface area (Å²) in [5.41, 5.74) is 5.84. The van der Waals surface area contributed by atoms with Crippen molar-refractivity contribution in [1.29, 1.82) is 0 Å². The van der Waals surface area contributed by atoms with Crippen LogP contribution in [0.3, 0.4) is 0 Å². The summed E-state index contributed by atoms with van der Waals surface area (Å²) in [6.07, 6.45) is 1.64. The van der Waals surface area contributed by atoms with Crippen LogP contribution < -0.4 is 15.4 Å². The SMILES string of the molecule is COc1ccc(C(=O)Nc2ccc(Nc3c(C)cc(C)cc3C)nc2)cc1. The molecule has 1 aromatic heterocycles. The first-order valence-corrected chi connectivity index (χ1v) is 8.72. The average Bonchev–Trinajstić information content (AvgIpc) is 2.66. The summed E-state index contributed by atoms with van der Waals surface area (Å²) >= 11 is 0. The Morgan fingerprint density at radius 1 is 0.963 bits per heavy atom. The number of hydrogen-bond donors (Lipinski definition) is 2. The Morgan fingerprint density at radius 3 is 2.19 bits per heavy atom. The van der Waals surface area contributed by atoms with Crippen molar-refractivity contribution in [2.24, 2.45) is 0 Å². The van der Waals surface area contributed by atoms with E-state index in [2.05, 4.69) is 48.5 Å². The van der Waals surface area contributed by atoms with Gasteiger partial charge in [0.1, 0.15) is 11.6 Å². The standard InChI is InChI=1S/C22H23N3O2/c1-14-11-15(2)21(16(3)12-14)25-20-10-7-18(13-23-20)24-22(26)17-5-8-19(27-4)9-6-17/h5-13H,1-4H3,(H,23,25)(H,24,26). The molecule has 138 valence electrons. The molecular weight excluding hydrogens is 338 g/mol. The first-order chi connectivity index (χ1) is 13.0. The number of rotatable bonds is 5. The number of nitrogens with zero attached hydrogens (tertiary/aromatic N) is 1. The summed E-state index contributed by atoms with van der Waals surface area (Å²) in [5.74, 6) is 1.25. The Morgan fingerprint density at radius 2 is 1.63 bits per heavy atom. The molecule has 0 unspecified atom stereocenters. The molecular formula is C22H23N3O2. The van der Waals surface area contributed by atoms with E-state index >= 15 is 0 Å². The highest BCUT2D eigenvalue weighted by molar-refractivity contribution is 6.04. The summed E-state index contributed by atoms with van der Waals surface area (Å²) in [7, 11) is 1.59. The van der Waals surface area contributed by atoms with Crippen molar-refractivity contribution in [3.8, 4) is 5.75 Å². The summed E-state index contributed by atoms with van der Waals surface area (Å²) < 4.78 is 5.10.